The molecule has 7 rings (SSSR count). The molecule has 7 aromatic rings. The Labute approximate surface area is 360 Å². The van der Waals surface area contributed by atoms with Gasteiger partial charge in [0.1, 0.15) is 61.2 Å². The number of nitrogens with one attached hydrogen (secondary N) is 1. The normalized spacial score (nSPS) is 12.2. The highest BCUT2D eigenvalue weighted by atomic mass is 32.2. The van der Waals surface area contributed by atoms with Crippen LogP contribution < -0.4 is 24.3 Å². The number of hydrogen-bond acceptors (Lipinski definition) is 16. The Morgan fingerprint density at radius 3 is 1.54 bits per heavy atom. The second kappa shape index (κ2) is 17.8. The Balaban J connectivity index is 1.19. The zero-order valence-corrected chi connectivity index (χ0v) is 35.6. The maximum absolute atomic E-state index is 12.6. The molecule has 0 radical (unpaired) electrons. The van der Waals surface area contributed by atoms with Crippen molar-refractivity contribution < 1.29 is 50.0 Å². The van der Waals surface area contributed by atoms with Gasteiger partial charge in [-0.1, -0.05) is 30.3 Å². The van der Waals surface area contributed by atoms with Crippen LogP contribution in [-0.2, 0) is 20.2 Å². The standard InChI is InChI=1S/C43H37N7O11S2/c1-24-16-28(19-31-29(24)12-9-13-40(31)62(52,53)54)45-46-32-20-37(59-3)33(21-36(32)58-2)47-48-34-22-39(61-5)35(23-38(34)60-4)49-50-42-41(63(55,56)57)18-25-17-27(14-15-30(25)43(42)51)44-26-10-7-6-8-11-26/h6-23,44,51H,1-5H3,(H,52,53,54)(H,55,56,57). The summed E-state index contributed by atoms with van der Waals surface area (Å²) in [5.74, 6) is 0.161. The highest BCUT2D eigenvalue weighted by Crippen LogP contribution is 2.46. The van der Waals surface area contributed by atoms with Crippen LogP contribution in [0.25, 0.3) is 21.5 Å². The molecule has 0 atom stereocenters. The summed E-state index contributed by atoms with van der Waals surface area (Å²) in [6, 6.07) is 29.0. The predicted octanol–water partition coefficient (Wildman–Crippen LogP) is 11.5. The lowest BCUT2D eigenvalue weighted by molar-refractivity contribution is 0.403. The molecular formula is C43H37N7O11S2. The van der Waals surface area contributed by atoms with Gasteiger partial charge < -0.3 is 29.4 Å². The van der Waals surface area contributed by atoms with E-state index in [2.05, 4.69) is 36.0 Å². The quantitative estimate of drug-likeness (QED) is 0.0587. The number of hydrogen-bond donors (Lipinski definition) is 4. The summed E-state index contributed by atoms with van der Waals surface area (Å²) in [7, 11) is -3.87. The van der Waals surface area contributed by atoms with E-state index in [1.807, 2.05) is 30.3 Å². The highest BCUT2D eigenvalue weighted by Gasteiger charge is 2.23. The molecule has 0 aromatic heterocycles. The van der Waals surface area contributed by atoms with Gasteiger partial charge in [0.15, 0.2) is 5.75 Å². The van der Waals surface area contributed by atoms with Gasteiger partial charge in [0, 0.05) is 46.4 Å². The van der Waals surface area contributed by atoms with Gasteiger partial charge in [0.25, 0.3) is 20.2 Å². The van der Waals surface area contributed by atoms with E-state index in [1.54, 1.807) is 37.3 Å². The minimum atomic E-state index is -4.91. The number of ether oxygens (including phenoxy) is 4. The molecular weight excluding hydrogens is 855 g/mol. The first-order chi connectivity index (χ1) is 30.1. The molecule has 0 heterocycles. The van der Waals surface area contributed by atoms with Crippen molar-refractivity contribution in [3.05, 3.63) is 115 Å². The van der Waals surface area contributed by atoms with Gasteiger partial charge in [-0.3, -0.25) is 9.11 Å². The Hall–Kier alpha value is -7.52. The summed E-state index contributed by atoms with van der Waals surface area (Å²) < 4.78 is 91.5. The van der Waals surface area contributed by atoms with Crippen LogP contribution in [0.2, 0.25) is 0 Å². The smallest absolute Gasteiger partial charge is 0.296 e. The van der Waals surface area contributed by atoms with Gasteiger partial charge in [-0.2, -0.15) is 21.9 Å². The minimum Gasteiger partial charge on any atom is -0.505 e. The van der Waals surface area contributed by atoms with Crippen molar-refractivity contribution in [3.63, 3.8) is 0 Å². The Morgan fingerprint density at radius 2 is 1.02 bits per heavy atom. The van der Waals surface area contributed by atoms with Gasteiger partial charge in [0.05, 0.1) is 34.1 Å². The van der Waals surface area contributed by atoms with Crippen molar-refractivity contribution in [1.82, 2.24) is 0 Å². The first-order valence-corrected chi connectivity index (χ1v) is 21.4. The molecule has 63 heavy (non-hydrogen) atoms. The van der Waals surface area contributed by atoms with Gasteiger partial charge in [-0.05, 0) is 77.9 Å². The number of rotatable bonds is 14. The monoisotopic (exact) mass is 891 g/mol. The summed E-state index contributed by atoms with van der Waals surface area (Å²) >= 11 is 0. The van der Waals surface area contributed by atoms with Crippen molar-refractivity contribution in [2.45, 2.75) is 16.7 Å². The fourth-order valence-corrected chi connectivity index (χ4v) is 7.94. The highest BCUT2D eigenvalue weighted by molar-refractivity contribution is 7.86. The van der Waals surface area contributed by atoms with Gasteiger partial charge in [-0.25, -0.2) is 0 Å². The van der Waals surface area contributed by atoms with Crippen molar-refractivity contribution in [1.29, 1.82) is 0 Å². The van der Waals surface area contributed by atoms with E-state index < -0.39 is 36.6 Å². The molecule has 18 nitrogen and oxygen atoms in total. The third-order valence-corrected chi connectivity index (χ3v) is 11.4. The maximum atomic E-state index is 12.6. The predicted molar refractivity (Wildman–Crippen MR) is 235 cm³/mol. The van der Waals surface area contributed by atoms with Crippen LogP contribution in [0.15, 0.2) is 150 Å². The number of para-hydroxylation sites is 1. The zero-order chi connectivity index (χ0) is 45.1. The summed E-state index contributed by atoms with van der Waals surface area (Å²) in [4.78, 5) is -0.941. The van der Waals surface area contributed by atoms with Crippen LogP contribution in [0.4, 0.5) is 45.5 Å². The lowest BCUT2D eigenvalue weighted by Crippen LogP contribution is -1.99. The fraction of sp³-hybridized carbons (Fsp3) is 0.116. The first-order valence-electron chi connectivity index (χ1n) is 18.5. The number of methoxy groups -OCH3 is 4. The number of fused-ring (bicyclic) bond motifs is 2. The van der Waals surface area contributed by atoms with Crippen LogP contribution in [0, 0.1) is 6.92 Å². The number of aryl methyl sites for hydroxylation is 1. The third-order valence-electron chi connectivity index (χ3n) is 9.57. The molecule has 0 aliphatic rings. The second-order valence-corrected chi connectivity index (χ2v) is 16.3. The fourth-order valence-electron chi connectivity index (χ4n) is 6.59. The number of nitrogens with zero attached hydrogens (tertiary/aromatic N) is 6. The first kappa shape index (κ1) is 43.6. The molecule has 0 fully saturated rings. The molecule has 0 bridgehead atoms. The maximum Gasteiger partial charge on any atom is 0.296 e. The number of benzene rings is 7. The van der Waals surface area contributed by atoms with E-state index in [1.165, 1.54) is 77.0 Å². The molecule has 7 aromatic carbocycles. The molecule has 0 saturated heterocycles. The van der Waals surface area contributed by atoms with E-state index in [9.17, 15) is 31.0 Å². The topological polar surface area (TPSA) is 252 Å². The molecule has 0 saturated carbocycles. The van der Waals surface area contributed by atoms with Crippen molar-refractivity contribution in [2.24, 2.45) is 30.7 Å². The van der Waals surface area contributed by atoms with Crippen LogP contribution in [0.1, 0.15) is 5.56 Å². The lowest BCUT2D eigenvalue weighted by atomic mass is 10.0. The number of azo groups is 3. The minimum absolute atomic E-state index is 0.0428. The van der Waals surface area contributed by atoms with Gasteiger partial charge in [0.2, 0.25) is 0 Å². The van der Waals surface area contributed by atoms with Gasteiger partial charge in [-0.15, -0.1) is 25.6 Å². The molecule has 4 N–H and O–H groups in total. The third kappa shape index (κ3) is 9.38. The molecule has 0 spiro atoms. The second-order valence-electron chi connectivity index (χ2n) is 13.6. The van der Waals surface area contributed by atoms with Crippen LogP contribution in [-0.4, -0.2) is 59.5 Å². The number of phenolic OH excluding ortho intramolecular Hbond substituents is 1. The molecule has 20 heteroatoms. The molecule has 0 amide bonds. The summed E-state index contributed by atoms with van der Waals surface area (Å²) in [5, 5.41) is 41.5. The number of phenols is 1. The summed E-state index contributed by atoms with van der Waals surface area (Å²) in [5.41, 5.74) is 2.55. The van der Waals surface area contributed by atoms with Crippen molar-refractivity contribution in [2.75, 3.05) is 33.8 Å². The Kier molecular flexibility index (Phi) is 12.3. The zero-order valence-electron chi connectivity index (χ0n) is 34.0. The van der Waals surface area contributed by atoms with Gasteiger partial charge >= 0.3 is 0 Å². The average Bonchev–Trinajstić information content (AvgIpc) is 3.26. The average molecular weight is 892 g/mol. The molecule has 0 aliphatic heterocycles. The van der Waals surface area contributed by atoms with Crippen molar-refractivity contribution in [3.8, 4) is 28.7 Å². The molecule has 0 aliphatic carbocycles. The van der Waals surface area contributed by atoms with E-state index in [0.29, 0.717) is 27.7 Å². The molecule has 322 valence electrons. The number of anilines is 2. The summed E-state index contributed by atoms with van der Waals surface area (Å²) in [6.07, 6.45) is 0. The van der Waals surface area contributed by atoms with Crippen LogP contribution >= 0.6 is 0 Å². The summed E-state index contributed by atoms with van der Waals surface area (Å²) in [6.45, 7) is 1.78. The van der Waals surface area contributed by atoms with E-state index in [-0.39, 0.29) is 61.4 Å². The van der Waals surface area contributed by atoms with Crippen molar-refractivity contribution >= 4 is 87.3 Å². The Bertz CT molecular complexity index is 3240. The SMILES string of the molecule is COc1cc(N=Nc2cc(OC)c(N=Nc3c(S(=O)(=O)O)cc4cc(Nc5ccccc5)ccc4c3O)cc2OC)c(OC)cc1N=Nc1cc(C)c2cccc(S(=O)(=O)O)c2c1. The number of aromatic hydroxyl groups is 1. The molecule has 0 unspecified atom stereocenters. The van der Waals surface area contributed by atoms with E-state index >= 15 is 0 Å². The van der Waals surface area contributed by atoms with Crippen LogP contribution in [0.3, 0.4) is 0 Å². The Morgan fingerprint density at radius 1 is 0.492 bits per heavy atom. The van der Waals surface area contributed by atoms with E-state index in [0.717, 1.165) is 5.69 Å². The lowest BCUT2D eigenvalue weighted by Gasteiger charge is -2.12. The largest absolute Gasteiger partial charge is 0.505 e. The van der Waals surface area contributed by atoms with Crippen LogP contribution in [0.5, 0.6) is 28.7 Å². The van der Waals surface area contributed by atoms with E-state index in [4.69, 9.17) is 18.9 Å².